The SMILES string of the molecule is COc1cc(C=C2SC(=S)N(CC(C)=O)C2=O)ccc1OCC(=O)O. The van der Waals surface area contributed by atoms with E-state index in [1.807, 2.05) is 0 Å². The van der Waals surface area contributed by atoms with E-state index in [9.17, 15) is 14.4 Å². The lowest BCUT2D eigenvalue weighted by Gasteiger charge is -2.11. The minimum absolute atomic E-state index is 0.0483. The molecule has 25 heavy (non-hydrogen) atoms. The molecule has 0 aromatic heterocycles. The molecule has 1 saturated heterocycles. The largest absolute Gasteiger partial charge is 0.493 e. The Morgan fingerprint density at radius 3 is 2.68 bits per heavy atom. The molecule has 0 unspecified atom stereocenters. The molecule has 9 heteroatoms. The molecule has 0 saturated carbocycles. The summed E-state index contributed by atoms with van der Waals surface area (Å²) in [6, 6.07) is 4.84. The van der Waals surface area contributed by atoms with Gasteiger partial charge in [-0.1, -0.05) is 30.0 Å². The van der Waals surface area contributed by atoms with Crippen LogP contribution in [0.3, 0.4) is 0 Å². The number of thioether (sulfide) groups is 1. The first-order valence-corrected chi connectivity index (χ1v) is 8.31. The highest BCUT2D eigenvalue weighted by molar-refractivity contribution is 8.26. The monoisotopic (exact) mass is 381 g/mol. The molecule has 1 heterocycles. The summed E-state index contributed by atoms with van der Waals surface area (Å²) < 4.78 is 10.6. The second-order valence-corrected chi connectivity index (χ2v) is 6.74. The first kappa shape index (κ1) is 18.9. The van der Waals surface area contributed by atoms with Gasteiger partial charge in [-0.25, -0.2) is 4.79 Å². The van der Waals surface area contributed by atoms with Gasteiger partial charge in [-0.2, -0.15) is 0 Å². The van der Waals surface area contributed by atoms with Crippen LogP contribution in [0.5, 0.6) is 11.5 Å². The summed E-state index contributed by atoms with van der Waals surface area (Å²) in [6.45, 7) is 0.857. The van der Waals surface area contributed by atoms with Crippen molar-refractivity contribution in [2.45, 2.75) is 6.92 Å². The first-order valence-electron chi connectivity index (χ1n) is 7.09. The van der Waals surface area contributed by atoms with E-state index in [0.29, 0.717) is 20.5 Å². The van der Waals surface area contributed by atoms with Crippen LogP contribution in [0.4, 0.5) is 0 Å². The number of carbonyl (C=O) groups excluding carboxylic acids is 2. The summed E-state index contributed by atoms with van der Waals surface area (Å²) in [5.74, 6) is -0.949. The van der Waals surface area contributed by atoms with E-state index in [2.05, 4.69) is 0 Å². The zero-order chi connectivity index (χ0) is 18.6. The van der Waals surface area contributed by atoms with Gasteiger partial charge in [0, 0.05) is 0 Å². The van der Waals surface area contributed by atoms with E-state index in [4.69, 9.17) is 26.8 Å². The number of carbonyl (C=O) groups is 3. The number of thiocarbonyl (C=S) groups is 1. The molecule has 1 fully saturated rings. The fourth-order valence-corrected chi connectivity index (χ4v) is 3.30. The molecule has 1 aliphatic heterocycles. The lowest BCUT2D eigenvalue weighted by atomic mass is 10.2. The summed E-state index contributed by atoms with van der Waals surface area (Å²) in [5, 5.41) is 8.67. The highest BCUT2D eigenvalue weighted by Gasteiger charge is 2.32. The van der Waals surface area contributed by atoms with Crippen LogP contribution in [0, 0.1) is 0 Å². The minimum Gasteiger partial charge on any atom is -0.493 e. The number of amides is 1. The predicted molar refractivity (Wildman–Crippen MR) is 96.7 cm³/mol. The molecule has 1 N–H and O–H groups in total. The molecule has 0 spiro atoms. The second kappa shape index (κ2) is 8.13. The summed E-state index contributed by atoms with van der Waals surface area (Å²) in [4.78, 5) is 35.8. The predicted octanol–water partition coefficient (Wildman–Crippen LogP) is 1.95. The zero-order valence-corrected chi connectivity index (χ0v) is 15.1. The molecule has 0 aliphatic carbocycles. The zero-order valence-electron chi connectivity index (χ0n) is 13.5. The number of carboxylic acids is 1. The maximum atomic E-state index is 12.3. The van der Waals surface area contributed by atoms with Gasteiger partial charge in [-0.05, 0) is 30.7 Å². The first-order chi connectivity index (χ1) is 11.8. The van der Waals surface area contributed by atoms with Crippen molar-refractivity contribution in [1.82, 2.24) is 4.90 Å². The number of hydrogen-bond acceptors (Lipinski definition) is 7. The Labute approximate surface area is 153 Å². The molecule has 0 atom stereocenters. The quantitative estimate of drug-likeness (QED) is 0.566. The molecule has 1 aliphatic rings. The number of methoxy groups -OCH3 is 1. The Balaban J connectivity index is 2.23. The van der Waals surface area contributed by atoms with Crippen LogP contribution in [0.15, 0.2) is 23.1 Å². The third-order valence-corrected chi connectivity index (χ3v) is 4.47. The molecule has 1 amide bonds. The average molecular weight is 381 g/mol. The van der Waals surface area contributed by atoms with Gasteiger partial charge < -0.3 is 14.6 Å². The highest BCUT2D eigenvalue weighted by Crippen LogP contribution is 2.34. The Kier molecular flexibility index (Phi) is 6.16. The maximum Gasteiger partial charge on any atom is 0.341 e. The van der Waals surface area contributed by atoms with Crippen molar-refractivity contribution in [2.24, 2.45) is 0 Å². The lowest BCUT2D eigenvalue weighted by molar-refractivity contribution is -0.139. The number of aliphatic carboxylic acids is 1. The summed E-state index contributed by atoms with van der Waals surface area (Å²) in [6.07, 6.45) is 1.63. The van der Waals surface area contributed by atoms with Gasteiger partial charge in [-0.15, -0.1) is 0 Å². The smallest absolute Gasteiger partial charge is 0.341 e. The molecule has 2 rings (SSSR count). The average Bonchev–Trinajstić information content (AvgIpc) is 2.80. The number of ketones is 1. The van der Waals surface area contributed by atoms with E-state index in [-0.39, 0.29) is 24.0 Å². The molecule has 0 bridgehead atoms. The van der Waals surface area contributed by atoms with Gasteiger partial charge in [0.05, 0.1) is 18.6 Å². The normalized spacial score (nSPS) is 15.6. The number of rotatable bonds is 7. The third kappa shape index (κ3) is 4.80. The Morgan fingerprint density at radius 2 is 2.08 bits per heavy atom. The van der Waals surface area contributed by atoms with Crippen LogP contribution >= 0.6 is 24.0 Å². The molecule has 0 radical (unpaired) electrons. The Bertz CT molecular complexity index is 774. The number of ether oxygens (including phenoxy) is 2. The number of Topliss-reactive ketones (excluding diaryl/α,β-unsaturated/α-hetero) is 1. The second-order valence-electron chi connectivity index (χ2n) is 5.06. The summed E-state index contributed by atoms with van der Waals surface area (Å²) >= 11 is 6.25. The van der Waals surface area contributed by atoms with E-state index < -0.39 is 12.6 Å². The van der Waals surface area contributed by atoms with E-state index >= 15 is 0 Å². The number of carboxylic acid groups (broad SMARTS) is 1. The van der Waals surface area contributed by atoms with Crippen LogP contribution in [0.2, 0.25) is 0 Å². The fraction of sp³-hybridized carbons (Fsp3) is 0.250. The number of hydrogen-bond donors (Lipinski definition) is 1. The fourth-order valence-electron chi connectivity index (χ4n) is 2.04. The Hall–Kier alpha value is -2.39. The van der Waals surface area contributed by atoms with Gasteiger partial charge in [0.15, 0.2) is 18.1 Å². The van der Waals surface area contributed by atoms with Gasteiger partial charge in [0.25, 0.3) is 5.91 Å². The van der Waals surface area contributed by atoms with Gasteiger partial charge in [0.2, 0.25) is 0 Å². The molecule has 1 aromatic carbocycles. The van der Waals surface area contributed by atoms with Crippen LogP contribution in [-0.2, 0) is 14.4 Å². The van der Waals surface area contributed by atoms with E-state index in [1.54, 1.807) is 24.3 Å². The van der Waals surface area contributed by atoms with Crippen LogP contribution in [0.1, 0.15) is 12.5 Å². The van der Waals surface area contributed by atoms with Gasteiger partial charge in [0.1, 0.15) is 10.1 Å². The van der Waals surface area contributed by atoms with Crippen molar-refractivity contribution in [3.63, 3.8) is 0 Å². The number of nitrogens with zero attached hydrogens (tertiary/aromatic N) is 1. The Morgan fingerprint density at radius 1 is 1.36 bits per heavy atom. The van der Waals surface area contributed by atoms with Crippen LogP contribution in [0.25, 0.3) is 6.08 Å². The summed E-state index contributed by atoms with van der Waals surface area (Å²) in [7, 11) is 1.43. The number of benzene rings is 1. The van der Waals surface area contributed by atoms with Crippen molar-refractivity contribution in [3.05, 3.63) is 28.7 Å². The van der Waals surface area contributed by atoms with Crippen molar-refractivity contribution >= 4 is 52.0 Å². The standard InChI is InChI=1S/C16H15NO6S2/c1-9(18)7-17-15(21)13(25-16(17)24)6-10-3-4-11(12(5-10)22-2)23-8-14(19)20/h3-6H,7-8H2,1-2H3,(H,19,20). The molecule has 7 nitrogen and oxygen atoms in total. The topological polar surface area (TPSA) is 93.1 Å². The summed E-state index contributed by atoms with van der Waals surface area (Å²) in [5.41, 5.74) is 0.655. The van der Waals surface area contributed by atoms with E-state index in [1.165, 1.54) is 18.9 Å². The highest BCUT2D eigenvalue weighted by atomic mass is 32.2. The van der Waals surface area contributed by atoms with E-state index in [0.717, 1.165) is 11.8 Å². The molecule has 132 valence electrons. The minimum atomic E-state index is -1.10. The van der Waals surface area contributed by atoms with Gasteiger partial charge in [-0.3, -0.25) is 14.5 Å². The van der Waals surface area contributed by atoms with Gasteiger partial charge >= 0.3 is 5.97 Å². The third-order valence-electron chi connectivity index (χ3n) is 3.09. The van der Waals surface area contributed by atoms with Crippen molar-refractivity contribution in [1.29, 1.82) is 0 Å². The lowest BCUT2D eigenvalue weighted by Crippen LogP contribution is -2.32. The van der Waals surface area contributed by atoms with Crippen molar-refractivity contribution in [2.75, 3.05) is 20.3 Å². The molecular weight excluding hydrogens is 366 g/mol. The van der Waals surface area contributed by atoms with Crippen molar-refractivity contribution in [3.8, 4) is 11.5 Å². The van der Waals surface area contributed by atoms with Crippen LogP contribution in [-0.4, -0.2) is 52.2 Å². The van der Waals surface area contributed by atoms with Crippen LogP contribution < -0.4 is 9.47 Å². The molecule has 1 aromatic rings. The molecular formula is C16H15NO6S2. The maximum absolute atomic E-state index is 12.3. The van der Waals surface area contributed by atoms with Crippen molar-refractivity contribution < 1.29 is 29.0 Å².